The molecule has 42 heavy (non-hydrogen) atoms. The van der Waals surface area contributed by atoms with E-state index in [1.807, 2.05) is 39.6 Å². The van der Waals surface area contributed by atoms with E-state index in [-0.39, 0.29) is 30.2 Å². The minimum Gasteiger partial charge on any atom is -0.488 e. The molecular weight excluding hydrogens is 556 g/mol. The first-order valence-corrected chi connectivity index (χ1v) is 15.2. The Morgan fingerprint density at radius 1 is 1.10 bits per heavy atom. The number of imidazole rings is 1. The Labute approximate surface area is 250 Å². The molecule has 3 aliphatic rings. The Bertz CT molecular complexity index is 1520. The summed E-state index contributed by atoms with van der Waals surface area (Å²) >= 11 is 6.76. The van der Waals surface area contributed by atoms with Gasteiger partial charge in [0.15, 0.2) is 5.65 Å². The molecule has 2 aliphatic heterocycles. The zero-order valence-electron chi connectivity index (χ0n) is 24.1. The maximum absolute atomic E-state index is 14.3. The molecule has 3 amide bonds. The first kappa shape index (κ1) is 28.5. The van der Waals surface area contributed by atoms with Crippen LogP contribution < -0.4 is 10.1 Å². The smallest absolute Gasteiger partial charge is 0.227 e. The topological polar surface area (TPSA) is 110 Å². The first-order valence-electron chi connectivity index (χ1n) is 14.9. The van der Waals surface area contributed by atoms with E-state index in [9.17, 15) is 14.4 Å². The molecule has 3 aromatic rings. The number of ether oxygens (including phenoxy) is 1. The fraction of sp³-hybridized carbons (Fsp3) is 0.516. The quantitative estimate of drug-likeness (QED) is 0.447. The van der Waals surface area contributed by atoms with Crippen LogP contribution >= 0.6 is 11.6 Å². The lowest BCUT2D eigenvalue weighted by Crippen LogP contribution is -2.50. The van der Waals surface area contributed by atoms with Gasteiger partial charge in [-0.3, -0.25) is 14.4 Å². The Kier molecular flexibility index (Phi) is 8.07. The monoisotopic (exact) mass is 592 g/mol. The number of rotatable bonds is 7. The van der Waals surface area contributed by atoms with Gasteiger partial charge in [0.25, 0.3) is 0 Å². The van der Waals surface area contributed by atoms with Gasteiger partial charge in [0.05, 0.1) is 12.4 Å². The molecule has 3 atom stereocenters. The van der Waals surface area contributed by atoms with Crippen molar-refractivity contribution in [1.82, 2.24) is 29.7 Å². The highest BCUT2D eigenvalue weighted by molar-refractivity contribution is 6.31. The summed E-state index contributed by atoms with van der Waals surface area (Å²) in [5, 5.41) is 3.39. The van der Waals surface area contributed by atoms with Gasteiger partial charge >= 0.3 is 0 Å². The van der Waals surface area contributed by atoms with Gasteiger partial charge < -0.3 is 24.4 Å². The number of carbonyl (C=O) groups is 3. The normalized spacial score (nSPS) is 22.4. The number of benzene rings is 1. The lowest BCUT2D eigenvalue weighted by molar-refractivity contribution is -0.147. The van der Waals surface area contributed by atoms with Gasteiger partial charge in [-0.1, -0.05) is 24.4 Å². The third-order valence-electron chi connectivity index (χ3n) is 9.09. The lowest BCUT2D eigenvalue weighted by Gasteiger charge is -2.43. The zero-order valence-corrected chi connectivity index (χ0v) is 24.9. The summed E-state index contributed by atoms with van der Waals surface area (Å²) in [6.07, 6.45) is 8.62. The number of aryl methyl sites for hydroxylation is 1. The Hall–Kier alpha value is -3.66. The fourth-order valence-electron chi connectivity index (χ4n) is 6.90. The van der Waals surface area contributed by atoms with Crippen molar-refractivity contribution in [3.63, 3.8) is 0 Å². The number of fused-ring (bicyclic) bond motifs is 2. The van der Waals surface area contributed by atoms with Gasteiger partial charge in [-0.15, -0.1) is 0 Å². The highest BCUT2D eigenvalue weighted by atomic mass is 35.5. The van der Waals surface area contributed by atoms with Crippen LogP contribution in [0.25, 0.3) is 11.2 Å². The molecule has 1 saturated carbocycles. The van der Waals surface area contributed by atoms with E-state index in [0.29, 0.717) is 56.1 Å². The molecule has 2 aromatic heterocycles. The van der Waals surface area contributed by atoms with Crippen molar-refractivity contribution >= 4 is 40.5 Å². The summed E-state index contributed by atoms with van der Waals surface area (Å²) < 4.78 is 8.30. The average molecular weight is 593 g/mol. The van der Waals surface area contributed by atoms with Crippen LogP contribution in [0.1, 0.15) is 61.3 Å². The van der Waals surface area contributed by atoms with E-state index in [2.05, 4.69) is 15.3 Å². The molecule has 1 unspecified atom stereocenters. The number of hydrogen-bond donors (Lipinski definition) is 1. The number of aromatic nitrogens is 3. The number of hydrogen-bond acceptors (Lipinski definition) is 6. The highest BCUT2D eigenvalue weighted by Gasteiger charge is 2.43. The van der Waals surface area contributed by atoms with Crippen molar-refractivity contribution < 1.29 is 19.1 Å². The van der Waals surface area contributed by atoms with Crippen LogP contribution in [0.5, 0.6) is 5.75 Å². The molecule has 1 aromatic carbocycles. The highest BCUT2D eigenvalue weighted by Crippen LogP contribution is 2.43. The number of carbonyl (C=O) groups excluding carboxylic acids is 3. The van der Waals surface area contributed by atoms with Gasteiger partial charge in [-0.25, -0.2) is 9.97 Å². The van der Waals surface area contributed by atoms with Crippen LogP contribution in [0.3, 0.4) is 0 Å². The molecule has 11 heteroatoms. The molecule has 10 nitrogen and oxygen atoms in total. The largest absolute Gasteiger partial charge is 0.488 e. The zero-order chi connectivity index (χ0) is 29.4. The Balaban J connectivity index is 1.34. The third-order valence-corrected chi connectivity index (χ3v) is 9.44. The van der Waals surface area contributed by atoms with Crippen molar-refractivity contribution in [1.29, 1.82) is 0 Å². The number of pyridine rings is 1. The molecule has 0 spiro atoms. The van der Waals surface area contributed by atoms with Gasteiger partial charge in [-0.2, -0.15) is 0 Å². The van der Waals surface area contributed by atoms with Crippen LogP contribution in [0.15, 0.2) is 30.7 Å². The van der Waals surface area contributed by atoms with E-state index in [0.717, 1.165) is 47.1 Å². The van der Waals surface area contributed by atoms with Crippen LogP contribution in [-0.2, 0) is 34.5 Å². The molecule has 4 heterocycles. The maximum Gasteiger partial charge on any atom is 0.227 e. The van der Waals surface area contributed by atoms with E-state index >= 15 is 0 Å². The van der Waals surface area contributed by atoms with Gasteiger partial charge in [0.2, 0.25) is 17.7 Å². The van der Waals surface area contributed by atoms with Crippen molar-refractivity contribution in [2.24, 2.45) is 18.9 Å². The lowest BCUT2D eigenvalue weighted by atomic mass is 9.77. The summed E-state index contributed by atoms with van der Waals surface area (Å²) in [5.41, 5.74) is 4.25. The molecule has 1 saturated heterocycles. The molecule has 6 rings (SSSR count). The molecule has 0 radical (unpaired) electrons. The Morgan fingerprint density at radius 2 is 1.90 bits per heavy atom. The number of likely N-dealkylation sites (tertiary alicyclic amines) is 1. The van der Waals surface area contributed by atoms with E-state index in [1.165, 1.54) is 0 Å². The second kappa shape index (κ2) is 11.9. The summed E-state index contributed by atoms with van der Waals surface area (Å²) in [7, 11) is 3.53. The molecule has 2 fully saturated rings. The second-order valence-electron chi connectivity index (χ2n) is 11.6. The number of halogens is 1. The summed E-state index contributed by atoms with van der Waals surface area (Å²) in [5.74, 6) is -0.123. The maximum atomic E-state index is 14.3. The molecule has 1 N–H and O–H groups in total. The fourth-order valence-corrected chi connectivity index (χ4v) is 7.16. The van der Waals surface area contributed by atoms with E-state index in [1.54, 1.807) is 19.6 Å². The number of nitrogens with zero attached hydrogens (tertiary/aromatic N) is 5. The van der Waals surface area contributed by atoms with Crippen molar-refractivity contribution in [3.8, 4) is 5.75 Å². The predicted molar refractivity (Wildman–Crippen MR) is 158 cm³/mol. The van der Waals surface area contributed by atoms with Crippen molar-refractivity contribution in [3.05, 3.63) is 52.4 Å². The van der Waals surface area contributed by atoms with Crippen molar-refractivity contribution in [2.45, 2.75) is 57.6 Å². The van der Waals surface area contributed by atoms with E-state index < -0.39 is 12.0 Å². The van der Waals surface area contributed by atoms with Crippen LogP contribution in [-0.4, -0.2) is 68.7 Å². The molecule has 1 aliphatic carbocycles. The minimum absolute atomic E-state index is 0.0266. The standard InChI is InChI=1S/C31H37ClN6O4/c1-33-30(40)20-6-3-4-7-21(20)31(41)38-13-11-22-23(32)9-10-26(28(22)25(38)16-37-12-5-8-27(37)39)42-17-19-14-24-29(34-15-19)36(2)18-35-24/h9-10,14-15,18,20-21,25H,3-8,11-13,16-17H2,1-2H3,(H,33,40)/t20-,21+,25?/m0/s1. The summed E-state index contributed by atoms with van der Waals surface area (Å²) in [6, 6.07) is 5.23. The SMILES string of the molecule is CNC(=O)[C@H]1CCCC[C@H]1C(=O)N1CCc2c(Cl)ccc(OCc3cnc4c(c3)ncn4C)c2C1CN1CCCC1=O. The average Bonchev–Trinajstić information content (AvgIpc) is 3.60. The minimum atomic E-state index is -0.430. The predicted octanol–water partition coefficient (Wildman–Crippen LogP) is 3.80. The molecule has 0 bridgehead atoms. The molecule has 222 valence electrons. The first-order chi connectivity index (χ1) is 20.4. The van der Waals surface area contributed by atoms with Crippen LogP contribution in [0.2, 0.25) is 5.02 Å². The van der Waals surface area contributed by atoms with Crippen molar-refractivity contribution in [2.75, 3.05) is 26.7 Å². The van der Waals surface area contributed by atoms with Crippen LogP contribution in [0, 0.1) is 11.8 Å². The third kappa shape index (κ3) is 5.32. The van der Waals surface area contributed by atoms with Gasteiger partial charge in [0.1, 0.15) is 17.9 Å². The Morgan fingerprint density at radius 3 is 2.67 bits per heavy atom. The summed E-state index contributed by atoms with van der Waals surface area (Å²) in [4.78, 5) is 52.6. The van der Waals surface area contributed by atoms with Crippen LogP contribution in [0.4, 0.5) is 0 Å². The second-order valence-corrected chi connectivity index (χ2v) is 12.0. The number of nitrogens with one attached hydrogen (secondary N) is 1. The molecular formula is C31H37ClN6O4. The van der Waals surface area contributed by atoms with Gasteiger partial charge in [0, 0.05) is 74.3 Å². The van der Waals surface area contributed by atoms with Gasteiger partial charge in [-0.05, 0) is 49.4 Å². The number of amides is 3. The van der Waals surface area contributed by atoms with E-state index in [4.69, 9.17) is 16.3 Å². The summed E-state index contributed by atoms with van der Waals surface area (Å²) in [6.45, 7) is 1.76.